The number of hydrogen-bond acceptors (Lipinski definition) is 5. The lowest BCUT2D eigenvalue weighted by atomic mass is 10.2. The third kappa shape index (κ3) is 4.18. The summed E-state index contributed by atoms with van der Waals surface area (Å²) in [6.07, 6.45) is -0.847. The summed E-state index contributed by atoms with van der Waals surface area (Å²) in [5, 5.41) is 14.1. The summed E-state index contributed by atoms with van der Waals surface area (Å²) in [6.45, 7) is 0.527. The molecule has 1 heterocycles. The van der Waals surface area contributed by atoms with Crippen molar-refractivity contribution in [3.8, 4) is 11.5 Å². The highest BCUT2D eigenvalue weighted by molar-refractivity contribution is 5.51. The summed E-state index contributed by atoms with van der Waals surface area (Å²) < 4.78 is 11.7. The number of nitrogens with zero attached hydrogens (tertiary/aromatic N) is 2. The predicted octanol–water partition coefficient (Wildman–Crippen LogP) is 2.08. The zero-order valence-electron chi connectivity index (χ0n) is 13.0. The summed E-state index contributed by atoms with van der Waals surface area (Å²) in [6, 6.07) is 18.8. The Morgan fingerprint density at radius 1 is 1.08 bits per heavy atom. The molecule has 1 aromatic heterocycles. The lowest BCUT2D eigenvalue weighted by Gasteiger charge is -2.10. The van der Waals surface area contributed by atoms with Gasteiger partial charge in [-0.05, 0) is 17.7 Å². The van der Waals surface area contributed by atoms with Crippen LogP contribution in [0.5, 0.6) is 0 Å². The maximum Gasteiger partial charge on any atom is 0.437 e. The minimum Gasteiger partial charge on any atom is -0.389 e. The molecule has 0 unspecified atom stereocenters. The van der Waals surface area contributed by atoms with Crippen molar-refractivity contribution < 1.29 is 14.3 Å². The van der Waals surface area contributed by atoms with Gasteiger partial charge in [0.25, 0.3) is 0 Å². The number of aromatic nitrogens is 2. The molecule has 124 valence electrons. The average molecular weight is 326 g/mol. The van der Waals surface area contributed by atoms with Crippen molar-refractivity contribution in [1.82, 2.24) is 9.78 Å². The van der Waals surface area contributed by atoms with Crippen LogP contribution in [0.25, 0.3) is 11.5 Å². The third-order valence-corrected chi connectivity index (χ3v) is 3.43. The molecule has 0 aliphatic rings. The fourth-order valence-electron chi connectivity index (χ4n) is 2.26. The molecular weight excluding hydrogens is 308 g/mol. The van der Waals surface area contributed by atoms with Gasteiger partial charge in [-0.1, -0.05) is 48.5 Å². The Bertz CT molecular complexity index is 812. The fourth-order valence-corrected chi connectivity index (χ4v) is 2.26. The molecule has 6 nitrogen and oxygen atoms in total. The Hall–Kier alpha value is -2.70. The van der Waals surface area contributed by atoms with Crippen LogP contribution >= 0.6 is 0 Å². The number of rotatable bonds is 7. The maximum atomic E-state index is 11.8. The van der Waals surface area contributed by atoms with Crippen molar-refractivity contribution in [2.75, 3.05) is 6.61 Å². The molecule has 0 fully saturated rings. The first-order valence-electron chi connectivity index (χ1n) is 7.65. The number of aliphatic hydroxyl groups is 1. The van der Waals surface area contributed by atoms with Crippen LogP contribution in [-0.2, 0) is 17.9 Å². The molecule has 0 aliphatic carbocycles. The second-order valence-corrected chi connectivity index (χ2v) is 5.38. The van der Waals surface area contributed by atoms with E-state index in [0.717, 1.165) is 10.2 Å². The van der Waals surface area contributed by atoms with Crippen LogP contribution in [0.3, 0.4) is 0 Å². The SMILES string of the molecule is O=c1oc(-c2ccccc2)nn1C[C@H](O)COCc1ccccc1. The number of hydrogen-bond donors (Lipinski definition) is 1. The normalized spacial score (nSPS) is 12.2. The molecule has 0 amide bonds. The second kappa shape index (κ2) is 7.72. The van der Waals surface area contributed by atoms with Crippen LogP contribution in [0.4, 0.5) is 0 Å². The van der Waals surface area contributed by atoms with E-state index >= 15 is 0 Å². The van der Waals surface area contributed by atoms with Crippen LogP contribution in [0, 0.1) is 0 Å². The summed E-state index contributed by atoms with van der Waals surface area (Å²) >= 11 is 0. The molecule has 3 aromatic rings. The minimum atomic E-state index is -0.847. The average Bonchev–Trinajstić information content (AvgIpc) is 2.97. The first kappa shape index (κ1) is 16.2. The van der Waals surface area contributed by atoms with E-state index in [0.29, 0.717) is 12.2 Å². The number of benzene rings is 2. The maximum absolute atomic E-state index is 11.8. The third-order valence-electron chi connectivity index (χ3n) is 3.43. The molecule has 24 heavy (non-hydrogen) atoms. The Kier molecular flexibility index (Phi) is 5.20. The van der Waals surface area contributed by atoms with E-state index in [9.17, 15) is 9.90 Å². The van der Waals surface area contributed by atoms with Gasteiger partial charge in [-0.2, -0.15) is 4.68 Å². The zero-order valence-corrected chi connectivity index (χ0v) is 13.0. The molecule has 6 heteroatoms. The molecule has 3 rings (SSSR count). The van der Waals surface area contributed by atoms with Crippen molar-refractivity contribution in [2.45, 2.75) is 19.3 Å². The second-order valence-electron chi connectivity index (χ2n) is 5.38. The molecule has 2 aromatic carbocycles. The van der Waals surface area contributed by atoms with E-state index in [1.54, 1.807) is 12.1 Å². The molecule has 0 bridgehead atoms. The van der Waals surface area contributed by atoms with Crippen molar-refractivity contribution in [3.05, 3.63) is 76.8 Å². The van der Waals surface area contributed by atoms with Crippen molar-refractivity contribution in [1.29, 1.82) is 0 Å². The van der Waals surface area contributed by atoms with Gasteiger partial charge in [0.1, 0.15) is 0 Å². The van der Waals surface area contributed by atoms with Crippen molar-refractivity contribution in [3.63, 3.8) is 0 Å². The molecule has 0 aliphatic heterocycles. The minimum absolute atomic E-state index is 0.0178. The van der Waals surface area contributed by atoms with E-state index in [-0.39, 0.29) is 19.0 Å². The topological polar surface area (TPSA) is 77.5 Å². The Morgan fingerprint density at radius 2 is 1.75 bits per heavy atom. The summed E-state index contributed by atoms with van der Waals surface area (Å²) in [4.78, 5) is 11.8. The van der Waals surface area contributed by atoms with Gasteiger partial charge in [0, 0.05) is 5.56 Å². The molecule has 0 spiro atoms. The fraction of sp³-hybridized carbons (Fsp3) is 0.222. The van der Waals surface area contributed by atoms with Crippen molar-refractivity contribution >= 4 is 0 Å². The molecular formula is C18H18N2O4. The number of ether oxygens (including phenoxy) is 1. The van der Waals surface area contributed by atoms with Gasteiger partial charge in [0.2, 0.25) is 5.89 Å². The summed E-state index contributed by atoms with van der Waals surface area (Å²) in [7, 11) is 0. The van der Waals surface area contributed by atoms with Gasteiger partial charge in [0.15, 0.2) is 0 Å². The summed E-state index contributed by atoms with van der Waals surface area (Å²) in [5.41, 5.74) is 1.73. The van der Waals surface area contributed by atoms with Gasteiger partial charge in [-0.3, -0.25) is 0 Å². The lowest BCUT2D eigenvalue weighted by molar-refractivity contribution is 0.0178. The highest BCUT2D eigenvalue weighted by Gasteiger charge is 2.13. The van der Waals surface area contributed by atoms with Gasteiger partial charge in [0.05, 0.1) is 25.9 Å². The van der Waals surface area contributed by atoms with E-state index in [4.69, 9.17) is 9.15 Å². The van der Waals surface area contributed by atoms with E-state index < -0.39 is 11.9 Å². The Morgan fingerprint density at radius 3 is 2.46 bits per heavy atom. The quantitative estimate of drug-likeness (QED) is 0.719. The molecule has 1 atom stereocenters. The zero-order chi connectivity index (χ0) is 16.8. The van der Waals surface area contributed by atoms with Gasteiger partial charge < -0.3 is 14.3 Å². The smallest absolute Gasteiger partial charge is 0.389 e. The number of aliphatic hydroxyl groups excluding tert-OH is 1. The van der Waals surface area contributed by atoms with E-state index in [2.05, 4.69) is 5.10 Å². The Balaban J connectivity index is 1.56. The molecule has 0 radical (unpaired) electrons. The first-order valence-corrected chi connectivity index (χ1v) is 7.65. The molecule has 0 saturated carbocycles. The van der Waals surface area contributed by atoms with Crippen LogP contribution in [0.1, 0.15) is 5.56 Å². The Labute approximate surface area is 138 Å². The lowest BCUT2D eigenvalue weighted by Crippen LogP contribution is -2.28. The van der Waals surface area contributed by atoms with E-state index in [1.807, 2.05) is 48.5 Å². The van der Waals surface area contributed by atoms with Gasteiger partial charge in [-0.25, -0.2) is 4.79 Å². The predicted molar refractivity (Wildman–Crippen MR) is 88.3 cm³/mol. The standard InChI is InChI=1S/C18H18N2O4/c21-16(13-23-12-14-7-3-1-4-8-14)11-20-18(22)24-17(19-20)15-9-5-2-6-10-15/h1-10,16,21H,11-13H2/t16-/m0/s1. The summed E-state index contributed by atoms with van der Waals surface area (Å²) in [5.74, 6) is -0.367. The van der Waals surface area contributed by atoms with Crippen LogP contribution in [-0.4, -0.2) is 27.6 Å². The van der Waals surface area contributed by atoms with Gasteiger partial charge in [-0.15, -0.1) is 5.10 Å². The largest absolute Gasteiger partial charge is 0.437 e. The monoisotopic (exact) mass is 326 g/mol. The van der Waals surface area contributed by atoms with Crippen molar-refractivity contribution in [2.24, 2.45) is 0 Å². The van der Waals surface area contributed by atoms with Crippen LogP contribution in [0.2, 0.25) is 0 Å². The van der Waals surface area contributed by atoms with E-state index in [1.165, 1.54) is 0 Å². The van der Waals surface area contributed by atoms with Crippen LogP contribution < -0.4 is 5.76 Å². The van der Waals surface area contributed by atoms with Gasteiger partial charge >= 0.3 is 5.76 Å². The van der Waals surface area contributed by atoms with Crippen LogP contribution in [0.15, 0.2) is 69.9 Å². The first-order chi connectivity index (χ1) is 11.7. The molecule has 0 saturated heterocycles. The highest BCUT2D eigenvalue weighted by Crippen LogP contribution is 2.14. The highest BCUT2D eigenvalue weighted by atomic mass is 16.5. The molecule has 1 N–H and O–H groups in total.